The molecule has 0 aliphatic carbocycles. The summed E-state index contributed by atoms with van der Waals surface area (Å²) in [5, 5.41) is 23.8. The van der Waals surface area contributed by atoms with Crippen LogP contribution in [0.5, 0.6) is 0 Å². The molecule has 166 valence electrons. The maximum absolute atomic E-state index is 10.1. The Morgan fingerprint density at radius 2 is 0.667 bits per heavy atom. The van der Waals surface area contributed by atoms with Crippen molar-refractivity contribution in [2.24, 2.45) is 0 Å². The zero-order chi connectivity index (χ0) is 25.0. The summed E-state index contributed by atoms with van der Waals surface area (Å²) in [6.07, 6.45) is -1.51. The van der Waals surface area contributed by atoms with Crippen LogP contribution >= 0.6 is 0 Å². The van der Waals surface area contributed by atoms with Gasteiger partial charge in [0, 0.05) is 0 Å². The molecule has 0 saturated heterocycles. The molecule has 0 aliphatic rings. The fourth-order valence-corrected chi connectivity index (χ4v) is 0.905. The summed E-state index contributed by atoms with van der Waals surface area (Å²) in [4.78, 5) is 89.8. The van der Waals surface area contributed by atoms with Gasteiger partial charge in [-0.2, -0.15) is 0 Å². The number of carbonyl (C=O) groups is 9. The monoisotopic (exact) mass is 450 g/mol. The van der Waals surface area contributed by atoms with Crippen LogP contribution in [0.25, 0.3) is 0 Å². The average molecular weight is 450 g/mol. The molecule has 0 aliphatic heterocycles. The standard InChI is InChI=1S/3C5H6O4.Al.H2O.O/c3*1-3(6)2-4(7)5(8)9;;;/h3*2H2,1H3,(H,8,9);;1H2;/q;;;+1;;/p-1. The first-order valence-corrected chi connectivity index (χ1v) is 8.36. The van der Waals surface area contributed by atoms with Crippen LogP contribution in [-0.2, 0) is 47.0 Å². The van der Waals surface area contributed by atoms with Crippen LogP contribution in [0.2, 0.25) is 0 Å². The van der Waals surface area contributed by atoms with Crippen molar-refractivity contribution in [3.05, 3.63) is 0 Å². The second kappa shape index (κ2) is 20.3. The Morgan fingerprint density at radius 1 is 0.533 bits per heavy atom. The third-order valence-corrected chi connectivity index (χ3v) is 1.94. The Labute approximate surface area is 175 Å². The van der Waals surface area contributed by atoms with Gasteiger partial charge in [-0.1, -0.05) is 0 Å². The first kappa shape index (κ1) is 34.1. The molecule has 15 heteroatoms. The Balaban J connectivity index is -0.000000158. The van der Waals surface area contributed by atoms with Crippen LogP contribution in [0.1, 0.15) is 40.0 Å². The Kier molecular flexibility index (Phi) is 23.1. The predicted octanol–water partition coefficient (Wildman–Crippen LogP) is -2.20. The topological polar surface area (TPSA) is 252 Å². The normalized spacial score (nSPS) is 7.97. The van der Waals surface area contributed by atoms with Crippen LogP contribution in [0.4, 0.5) is 0 Å². The minimum absolute atomic E-state index is 0.428. The van der Waals surface area contributed by atoms with Gasteiger partial charge in [0.25, 0.3) is 0 Å². The van der Waals surface area contributed by atoms with Crippen molar-refractivity contribution in [1.82, 2.24) is 0 Å². The fourth-order valence-electron chi connectivity index (χ4n) is 0.905. The third-order valence-electron chi connectivity index (χ3n) is 1.94. The molecule has 0 unspecified atom stereocenters. The zero-order valence-corrected chi connectivity index (χ0v) is 17.2. The van der Waals surface area contributed by atoms with Gasteiger partial charge < -0.3 is 15.3 Å². The van der Waals surface area contributed by atoms with Gasteiger partial charge in [0.05, 0.1) is 19.3 Å². The molecule has 4 N–H and O–H groups in total. The molecule has 0 heterocycles. The van der Waals surface area contributed by atoms with Crippen molar-refractivity contribution >= 4 is 68.1 Å². The van der Waals surface area contributed by atoms with Crippen molar-refractivity contribution in [3.63, 3.8) is 0 Å². The van der Waals surface area contributed by atoms with Crippen molar-refractivity contribution in [1.29, 1.82) is 0 Å². The van der Waals surface area contributed by atoms with Crippen molar-refractivity contribution < 1.29 is 66.4 Å². The third kappa shape index (κ3) is 32.3. The van der Waals surface area contributed by atoms with Gasteiger partial charge >= 0.3 is 41.4 Å². The van der Waals surface area contributed by atoms with Crippen LogP contribution in [-0.4, -0.2) is 87.6 Å². The van der Waals surface area contributed by atoms with Crippen LogP contribution in [0, 0.1) is 0 Å². The number of aliphatic carboxylic acids is 3. The van der Waals surface area contributed by atoms with E-state index in [1.54, 1.807) is 0 Å². The van der Waals surface area contributed by atoms with Gasteiger partial charge in [-0.05, 0) is 20.8 Å². The number of carboxylic acids is 3. The molecule has 0 spiro atoms. The molecule has 0 rings (SSSR count). The Morgan fingerprint density at radius 3 is 0.700 bits per heavy atom. The molecule has 0 aromatic carbocycles. The van der Waals surface area contributed by atoms with Crippen LogP contribution in [0.15, 0.2) is 0 Å². The molecular formula is C15H19AlO14. The summed E-state index contributed by atoms with van der Waals surface area (Å²) in [5.41, 5.74) is 0. The summed E-state index contributed by atoms with van der Waals surface area (Å²) in [5.74, 6) is -9.10. The number of Topliss-reactive ketones (excluding diaryl/α,β-unsaturated/α-hetero) is 6. The number of rotatable bonds is 9. The quantitative estimate of drug-likeness (QED) is 0.165. The fraction of sp³-hybridized carbons (Fsp3) is 0.400. The second-order valence-corrected chi connectivity index (χ2v) is 5.14. The van der Waals surface area contributed by atoms with E-state index in [1.807, 2.05) is 0 Å². The molecule has 0 radical (unpaired) electrons. The van der Waals surface area contributed by atoms with Gasteiger partial charge in [-0.25, -0.2) is 14.4 Å². The molecule has 0 amide bonds. The Hall–Kier alpha value is -3.44. The molecule has 0 aromatic heterocycles. The van der Waals surface area contributed by atoms with Crippen LogP contribution < -0.4 is 0 Å². The minimum atomic E-state index is -1.55. The predicted molar refractivity (Wildman–Crippen MR) is 92.5 cm³/mol. The van der Waals surface area contributed by atoms with Crippen LogP contribution in [0.3, 0.4) is 0 Å². The number of hydrogen-bond donors (Lipinski definition) is 4. The van der Waals surface area contributed by atoms with E-state index >= 15 is 0 Å². The van der Waals surface area contributed by atoms with Gasteiger partial charge in [-0.3, -0.25) is 28.8 Å². The van der Waals surface area contributed by atoms with E-state index in [0.29, 0.717) is 0 Å². The summed E-state index contributed by atoms with van der Waals surface area (Å²) < 4.78 is 15.7. The molecule has 14 nitrogen and oxygen atoms in total. The number of carbonyl (C=O) groups excluding carboxylic acids is 6. The van der Waals surface area contributed by atoms with Crippen molar-refractivity contribution in [2.75, 3.05) is 0 Å². The number of carboxylic acid groups (broad SMARTS) is 3. The molecule has 30 heavy (non-hydrogen) atoms. The van der Waals surface area contributed by atoms with E-state index in [-0.39, 0.29) is 0 Å². The van der Waals surface area contributed by atoms with Gasteiger partial charge in [0.15, 0.2) is 0 Å². The van der Waals surface area contributed by atoms with E-state index in [0.717, 1.165) is 0 Å². The van der Waals surface area contributed by atoms with Gasteiger partial charge in [0.2, 0.25) is 17.3 Å². The van der Waals surface area contributed by atoms with Gasteiger partial charge in [0.1, 0.15) is 17.3 Å². The van der Waals surface area contributed by atoms with Crippen molar-refractivity contribution in [3.8, 4) is 0 Å². The van der Waals surface area contributed by atoms with E-state index in [1.165, 1.54) is 20.8 Å². The zero-order valence-electron chi connectivity index (χ0n) is 16.1. The van der Waals surface area contributed by atoms with Gasteiger partial charge in [-0.15, -0.1) is 0 Å². The van der Waals surface area contributed by atoms with E-state index in [9.17, 15) is 43.2 Å². The summed E-state index contributed by atoms with van der Waals surface area (Å²) in [6.45, 7) is 3.50. The van der Waals surface area contributed by atoms with Crippen molar-refractivity contribution in [2.45, 2.75) is 40.0 Å². The summed E-state index contributed by atoms with van der Waals surface area (Å²) >= 11 is -1.50. The molecule has 0 fully saturated rings. The van der Waals surface area contributed by atoms with E-state index in [4.69, 9.17) is 23.3 Å². The SMILES string of the molecule is CC(=O)CC(=O)C(=O)O.CC(=O)CC(=O)C(=O)O.CC(=O)CC(=O)C(=O)O.[O]=[Al][OH]. The first-order chi connectivity index (χ1) is 13.5. The molecule has 0 aromatic rings. The molecule has 0 atom stereocenters. The number of hydrogen-bond acceptors (Lipinski definition) is 10. The number of ketones is 6. The second-order valence-electron chi connectivity index (χ2n) is 4.93. The van der Waals surface area contributed by atoms with E-state index in [2.05, 4.69) is 0 Å². The summed E-state index contributed by atoms with van der Waals surface area (Å²) in [6, 6.07) is 0. The molecular weight excluding hydrogens is 431 g/mol. The molecule has 0 saturated carbocycles. The first-order valence-electron chi connectivity index (χ1n) is 7.37. The van der Waals surface area contributed by atoms with E-state index < -0.39 is 87.4 Å². The maximum atomic E-state index is 10.1. The Bertz CT molecular complexity index is 616. The molecule has 0 bridgehead atoms. The summed E-state index contributed by atoms with van der Waals surface area (Å²) in [7, 11) is 0. The average Bonchev–Trinajstić information content (AvgIpc) is 2.54.